The van der Waals surface area contributed by atoms with Crippen LogP contribution in [-0.2, 0) is 6.42 Å². The summed E-state index contributed by atoms with van der Waals surface area (Å²) in [6, 6.07) is 1.90. The zero-order valence-corrected chi connectivity index (χ0v) is 9.12. The minimum Gasteiger partial charge on any atom is -0.383 e. The maximum absolute atomic E-state index is 5.84. The summed E-state index contributed by atoms with van der Waals surface area (Å²) in [5.74, 6) is 2.06. The van der Waals surface area contributed by atoms with Gasteiger partial charge < -0.3 is 10.7 Å². The van der Waals surface area contributed by atoms with Crippen molar-refractivity contribution in [1.29, 1.82) is 0 Å². The predicted octanol–water partition coefficient (Wildman–Crippen LogP) is 2.13. The van der Waals surface area contributed by atoms with Crippen LogP contribution in [0.25, 0.3) is 11.0 Å². The molecule has 2 aromatic rings. The number of hydrogen-bond donors (Lipinski definition) is 2. The Kier molecular flexibility index (Phi) is 2.58. The van der Waals surface area contributed by atoms with E-state index in [0.29, 0.717) is 11.7 Å². The molecule has 0 amide bonds. The zero-order valence-electron chi connectivity index (χ0n) is 9.12. The van der Waals surface area contributed by atoms with Crippen LogP contribution in [0.1, 0.15) is 26.1 Å². The van der Waals surface area contributed by atoms with Crippen LogP contribution in [0.2, 0.25) is 0 Å². The van der Waals surface area contributed by atoms with E-state index in [1.54, 1.807) is 0 Å². The third-order valence-electron chi connectivity index (χ3n) is 2.44. The fourth-order valence-corrected chi connectivity index (χ4v) is 1.54. The predicted molar refractivity (Wildman–Crippen MR) is 61.5 cm³/mol. The molecule has 2 heterocycles. The minimum absolute atomic E-state index is 0.569. The maximum atomic E-state index is 5.84. The molecule has 0 spiro atoms. The Balaban J connectivity index is 2.28. The molecule has 0 aliphatic heterocycles. The maximum Gasteiger partial charge on any atom is 0.143 e. The van der Waals surface area contributed by atoms with E-state index in [2.05, 4.69) is 28.8 Å². The van der Waals surface area contributed by atoms with E-state index >= 15 is 0 Å². The van der Waals surface area contributed by atoms with E-state index in [9.17, 15) is 0 Å². The van der Waals surface area contributed by atoms with E-state index in [0.717, 1.165) is 29.7 Å². The third kappa shape index (κ3) is 2.09. The standard InChI is InChI=1S/C11H16N4/c1-7(2)3-4-9-14-10(12)8-5-6-13-11(8)15-9/h5-7H,3-4H2,1-2H3,(H3,12,13,14,15). The molecule has 0 aliphatic rings. The van der Waals surface area contributed by atoms with Crippen LogP contribution in [0.4, 0.5) is 5.82 Å². The van der Waals surface area contributed by atoms with Gasteiger partial charge in [0.15, 0.2) is 0 Å². The molecule has 0 aliphatic carbocycles. The Bertz CT molecular complexity index is 459. The summed E-state index contributed by atoms with van der Waals surface area (Å²) in [5, 5.41) is 0.906. The average molecular weight is 204 g/mol. The molecule has 0 unspecified atom stereocenters. The van der Waals surface area contributed by atoms with Gasteiger partial charge in [0.25, 0.3) is 0 Å². The van der Waals surface area contributed by atoms with Crippen LogP contribution in [-0.4, -0.2) is 15.0 Å². The molecule has 0 bridgehead atoms. The SMILES string of the molecule is CC(C)CCc1nc(N)c2cc[nH]c2n1. The van der Waals surface area contributed by atoms with Crippen molar-refractivity contribution < 1.29 is 0 Å². The molecular weight excluding hydrogens is 188 g/mol. The van der Waals surface area contributed by atoms with Gasteiger partial charge >= 0.3 is 0 Å². The number of aromatic nitrogens is 3. The molecule has 2 rings (SSSR count). The first kappa shape index (κ1) is 9.96. The van der Waals surface area contributed by atoms with Crippen molar-refractivity contribution in [3.8, 4) is 0 Å². The fourth-order valence-electron chi connectivity index (χ4n) is 1.54. The summed E-state index contributed by atoms with van der Waals surface area (Å²) in [5.41, 5.74) is 6.67. The number of nitrogens with two attached hydrogens (primary N) is 1. The molecule has 0 fully saturated rings. The highest BCUT2D eigenvalue weighted by Gasteiger charge is 2.06. The first-order valence-corrected chi connectivity index (χ1v) is 5.26. The quantitative estimate of drug-likeness (QED) is 0.804. The van der Waals surface area contributed by atoms with Gasteiger partial charge in [0, 0.05) is 12.6 Å². The third-order valence-corrected chi connectivity index (χ3v) is 2.44. The van der Waals surface area contributed by atoms with Gasteiger partial charge in [0.1, 0.15) is 17.3 Å². The monoisotopic (exact) mass is 204 g/mol. The summed E-state index contributed by atoms with van der Waals surface area (Å²) in [7, 11) is 0. The lowest BCUT2D eigenvalue weighted by molar-refractivity contribution is 0.576. The zero-order chi connectivity index (χ0) is 10.8. The molecule has 2 aromatic heterocycles. The Morgan fingerprint density at radius 3 is 2.93 bits per heavy atom. The number of aryl methyl sites for hydroxylation is 1. The molecule has 4 nitrogen and oxygen atoms in total. The number of nitrogen functional groups attached to an aromatic ring is 1. The molecule has 0 saturated heterocycles. The van der Waals surface area contributed by atoms with Gasteiger partial charge in [-0.1, -0.05) is 13.8 Å². The molecule has 4 heteroatoms. The van der Waals surface area contributed by atoms with Crippen molar-refractivity contribution in [2.75, 3.05) is 5.73 Å². The molecule has 0 saturated carbocycles. The van der Waals surface area contributed by atoms with Gasteiger partial charge in [-0.05, 0) is 18.4 Å². The van der Waals surface area contributed by atoms with Crippen LogP contribution >= 0.6 is 0 Å². The number of aromatic amines is 1. The lowest BCUT2D eigenvalue weighted by atomic mass is 10.1. The molecule has 15 heavy (non-hydrogen) atoms. The number of hydrogen-bond acceptors (Lipinski definition) is 3. The van der Waals surface area contributed by atoms with Gasteiger partial charge in [-0.2, -0.15) is 0 Å². The number of nitrogens with one attached hydrogen (secondary N) is 1. The second-order valence-electron chi connectivity index (χ2n) is 4.20. The van der Waals surface area contributed by atoms with Crippen molar-refractivity contribution in [3.05, 3.63) is 18.1 Å². The normalized spacial score (nSPS) is 11.4. The highest BCUT2D eigenvalue weighted by molar-refractivity contribution is 5.85. The average Bonchev–Trinajstić information content (AvgIpc) is 2.63. The lowest BCUT2D eigenvalue weighted by Gasteiger charge is -2.04. The lowest BCUT2D eigenvalue weighted by Crippen LogP contribution is -2.02. The van der Waals surface area contributed by atoms with Crippen LogP contribution < -0.4 is 5.73 Å². The first-order chi connectivity index (χ1) is 7.16. The Morgan fingerprint density at radius 1 is 1.40 bits per heavy atom. The fraction of sp³-hybridized carbons (Fsp3) is 0.455. The van der Waals surface area contributed by atoms with Gasteiger partial charge in [0.05, 0.1) is 5.39 Å². The number of fused-ring (bicyclic) bond motifs is 1. The van der Waals surface area contributed by atoms with Crippen molar-refractivity contribution >= 4 is 16.9 Å². The van der Waals surface area contributed by atoms with Crippen LogP contribution in [0, 0.1) is 5.92 Å². The van der Waals surface area contributed by atoms with E-state index in [1.165, 1.54) is 0 Å². The van der Waals surface area contributed by atoms with Gasteiger partial charge in [-0.3, -0.25) is 0 Å². The molecular formula is C11H16N4. The summed E-state index contributed by atoms with van der Waals surface area (Å²) >= 11 is 0. The molecule has 80 valence electrons. The van der Waals surface area contributed by atoms with Crippen LogP contribution in [0.3, 0.4) is 0 Å². The first-order valence-electron chi connectivity index (χ1n) is 5.26. The van der Waals surface area contributed by atoms with E-state index in [1.807, 2.05) is 12.3 Å². The second kappa shape index (κ2) is 3.88. The van der Waals surface area contributed by atoms with Gasteiger partial charge in [-0.15, -0.1) is 0 Å². The summed E-state index contributed by atoms with van der Waals surface area (Å²) in [4.78, 5) is 11.8. The Labute approximate surface area is 88.9 Å². The summed E-state index contributed by atoms with van der Waals surface area (Å²) in [6.07, 6.45) is 3.81. The largest absolute Gasteiger partial charge is 0.383 e. The molecule has 0 radical (unpaired) electrons. The Morgan fingerprint density at radius 2 is 2.20 bits per heavy atom. The second-order valence-corrected chi connectivity index (χ2v) is 4.20. The smallest absolute Gasteiger partial charge is 0.143 e. The topological polar surface area (TPSA) is 67.6 Å². The van der Waals surface area contributed by atoms with Gasteiger partial charge in [-0.25, -0.2) is 9.97 Å². The number of nitrogens with zero attached hydrogens (tertiary/aromatic N) is 2. The van der Waals surface area contributed by atoms with E-state index in [-0.39, 0.29) is 0 Å². The van der Waals surface area contributed by atoms with E-state index < -0.39 is 0 Å². The molecule has 3 N–H and O–H groups in total. The number of H-pyrrole nitrogens is 1. The molecule has 0 atom stereocenters. The van der Waals surface area contributed by atoms with Crippen molar-refractivity contribution in [1.82, 2.24) is 15.0 Å². The van der Waals surface area contributed by atoms with Gasteiger partial charge in [0.2, 0.25) is 0 Å². The highest BCUT2D eigenvalue weighted by atomic mass is 15.0. The van der Waals surface area contributed by atoms with Crippen molar-refractivity contribution in [3.63, 3.8) is 0 Å². The summed E-state index contributed by atoms with van der Waals surface area (Å²) < 4.78 is 0. The highest BCUT2D eigenvalue weighted by Crippen LogP contribution is 2.17. The number of anilines is 1. The van der Waals surface area contributed by atoms with E-state index in [4.69, 9.17) is 5.73 Å². The number of rotatable bonds is 3. The van der Waals surface area contributed by atoms with Crippen molar-refractivity contribution in [2.24, 2.45) is 5.92 Å². The Hall–Kier alpha value is -1.58. The van der Waals surface area contributed by atoms with Crippen molar-refractivity contribution in [2.45, 2.75) is 26.7 Å². The van der Waals surface area contributed by atoms with Crippen LogP contribution in [0.5, 0.6) is 0 Å². The van der Waals surface area contributed by atoms with Crippen LogP contribution in [0.15, 0.2) is 12.3 Å². The molecule has 0 aromatic carbocycles. The summed E-state index contributed by atoms with van der Waals surface area (Å²) in [6.45, 7) is 4.38. The minimum atomic E-state index is 0.569.